The highest BCUT2D eigenvalue weighted by molar-refractivity contribution is 5.92. The number of rotatable bonds is 4. The molecule has 0 fully saturated rings. The normalized spacial score (nSPS) is 12.8. The van der Waals surface area contributed by atoms with Gasteiger partial charge < -0.3 is 4.42 Å². The van der Waals surface area contributed by atoms with Gasteiger partial charge in [0, 0.05) is 6.07 Å². The number of anilines is 1. The third kappa shape index (κ3) is 3.75. The van der Waals surface area contributed by atoms with Gasteiger partial charge in [0.15, 0.2) is 5.76 Å². The molecule has 1 amide bonds. The minimum Gasteiger partial charge on any atom is -0.459 e. The van der Waals surface area contributed by atoms with Gasteiger partial charge >= 0.3 is 18.0 Å². The Hall–Kier alpha value is -2.72. The Kier molecular flexibility index (Phi) is 4.93. The first-order valence-electron chi connectivity index (χ1n) is 7.14. The van der Waals surface area contributed by atoms with Gasteiger partial charge in [0.2, 0.25) is 0 Å². The van der Waals surface area contributed by atoms with Crippen LogP contribution in [-0.4, -0.2) is 23.9 Å². The Morgan fingerprint density at radius 2 is 1.69 bits per heavy atom. The van der Waals surface area contributed by atoms with Crippen LogP contribution in [0.1, 0.15) is 21.8 Å². The van der Waals surface area contributed by atoms with Crippen molar-refractivity contribution in [2.75, 3.05) is 5.32 Å². The van der Waals surface area contributed by atoms with Crippen LogP contribution in [-0.2, 0) is 0 Å². The highest BCUT2D eigenvalue weighted by Gasteiger charge is 2.76. The molecule has 0 aliphatic heterocycles. The maximum atomic E-state index is 13.5. The van der Waals surface area contributed by atoms with Crippen LogP contribution in [0.25, 0.3) is 0 Å². The number of carbonyl (C=O) groups excluding carboxylic acids is 1. The Morgan fingerprint density at radius 3 is 2.15 bits per heavy atom. The molecular formula is C15H14F6N3O2+. The number of furan rings is 1. The van der Waals surface area contributed by atoms with Crippen molar-refractivity contribution in [3.8, 4) is 0 Å². The third-order valence-corrected chi connectivity index (χ3v) is 3.37. The van der Waals surface area contributed by atoms with Gasteiger partial charge in [0.25, 0.3) is 11.7 Å². The highest BCUT2D eigenvalue weighted by Crippen LogP contribution is 2.43. The van der Waals surface area contributed by atoms with Crippen LogP contribution in [0.4, 0.5) is 32.2 Å². The van der Waals surface area contributed by atoms with Crippen molar-refractivity contribution >= 4 is 11.7 Å². The van der Waals surface area contributed by atoms with Crippen LogP contribution in [0.3, 0.4) is 0 Å². The zero-order valence-electron chi connectivity index (χ0n) is 13.5. The minimum atomic E-state index is -5.92. The summed E-state index contributed by atoms with van der Waals surface area (Å²) < 4.78 is 85.7. The van der Waals surface area contributed by atoms with E-state index in [1.807, 2.05) is 0 Å². The molecule has 0 unspecified atom stereocenters. The number of amides is 1. The summed E-state index contributed by atoms with van der Waals surface area (Å²) in [6.45, 7) is 2.96. The number of hydrogen-bond donors (Lipinski definition) is 2. The summed E-state index contributed by atoms with van der Waals surface area (Å²) in [4.78, 5) is 14.3. The summed E-state index contributed by atoms with van der Waals surface area (Å²) in [7, 11) is 0. The van der Waals surface area contributed by atoms with Crippen LogP contribution in [0.5, 0.6) is 0 Å². The van der Waals surface area contributed by atoms with Crippen molar-refractivity contribution in [2.45, 2.75) is 31.9 Å². The lowest BCUT2D eigenvalue weighted by Gasteiger charge is -2.34. The third-order valence-electron chi connectivity index (χ3n) is 3.37. The predicted molar refractivity (Wildman–Crippen MR) is 77.1 cm³/mol. The van der Waals surface area contributed by atoms with Crippen LogP contribution in [0, 0.1) is 13.8 Å². The van der Waals surface area contributed by atoms with Crippen molar-refractivity contribution in [3.63, 3.8) is 0 Å². The molecule has 0 saturated heterocycles. The van der Waals surface area contributed by atoms with Gasteiger partial charge in [-0.25, -0.2) is 10.3 Å². The Labute approximate surface area is 143 Å². The summed E-state index contributed by atoms with van der Waals surface area (Å²) in [5.74, 6) is -2.95. The second kappa shape index (κ2) is 6.54. The molecule has 2 aromatic heterocycles. The first-order chi connectivity index (χ1) is 11.9. The standard InChI is InChI=1S/C15H13F6N3O2/c1-8-6-9(2)22-11(7-8)23-13(14(16,17)18,15(19,20)21)24-12(25)10-4-3-5-26-10/h3-7H,1-2H3,(H,22,23)(H,24,25)/p+1. The average molecular weight is 382 g/mol. The lowest BCUT2D eigenvalue weighted by molar-refractivity contribution is -0.376. The number of carbonyl (C=O) groups is 1. The second-order valence-corrected chi connectivity index (χ2v) is 5.56. The Morgan fingerprint density at radius 1 is 1.08 bits per heavy atom. The van der Waals surface area contributed by atoms with Gasteiger partial charge in [-0.2, -0.15) is 26.3 Å². The quantitative estimate of drug-likeness (QED) is 0.629. The summed E-state index contributed by atoms with van der Waals surface area (Å²) in [5.41, 5.74) is -4.00. The number of alkyl halides is 6. The fourth-order valence-corrected chi connectivity index (χ4v) is 2.28. The van der Waals surface area contributed by atoms with E-state index in [0.717, 1.165) is 29.8 Å². The number of aryl methyl sites for hydroxylation is 2. The molecule has 0 aliphatic rings. The fraction of sp³-hybridized carbons (Fsp3) is 0.333. The molecule has 142 valence electrons. The molecule has 0 aromatic carbocycles. The molecule has 26 heavy (non-hydrogen) atoms. The number of aromatic amines is 1. The zero-order valence-corrected chi connectivity index (χ0v) is 13.5. The van der Waals surface area contributed by atoms with Gasteiger partial charge in [-0.3, -0.25) is 10.1 Å². The van der Waals surface area contributed by atoms with Crippen molar-refractivity contribution in [3.05, 3.63) is 47.5 Å². The van der Waals surface area contributed by atoms with E-state index in [1.165, 1.54) is 25.2 Å². The molecule has 3 N–H and O–H groups in total. The summed E-state index contributed by atoms with van der Waals surface area (Å²) in [6.07, 6.45) is -10.9. The summed E-state index contributed by atoms with van der Waals surface area (Å²) in [6, 6.07) is 4.67. The van der Waals surface area contributed by atoms with E-state index in [2.05, 4.69) is 9.40 Å². The second-order valence-electron chi connectivity index (χ2n) is 5.56. The van der Waals surface area contributed by atoms with Crippen LogP contribution >= 0.6 is 0 Å². The zero-order chi connectivity index (χ0) is 19.8. The number of H-pyrrole nitrogens is 1. The smallest absolute Gasteiger partial charge is 0.459 e. The van der Waals surface area contributed by atoms with Gasteiger partial charge in [0.05, 0.1) is 12.0 Å². The van der Waals surface area contributed by atoms with E-state index in [9.17, 15) is 31.1 Å². The molecule has 2 aromatic rings. The van der Waals surface area contributed by atoms with Crippen molar-refractivity contribution in [1.82, 2.24) is 5.32 Å². The first-order valence-corrected chi connectivity index (χ1v) is 7.14. The van der Waals surface area contributed by atoms with Crippen LogP contribution in [0.2, 0.25) is 0 Å². The van der Waals surface area contributed by atoms with Crippen molar-refractivity contribution in [1.29, 1.82) is 0 Å². The molecule has 0 atom stereocenters. The Bertz CT molecular complexity index is 749. The maximum Gasteiger partial charge on any atom is 0.462 e. The molecule has 0 bridgehead atoms. The van der Waals surface area contributed by atoms with Crippen LogP contribution in [0.15, 0.2) is 34.9 Å². The SMILES string of the molecule is Cc1cc(C)[nH+]c(NC(NC(=O)c2ccco2)(C(F)(F)F)C(F)(F)F)c1. The van der Waals surface area contributed by atoms with Gasteiger partial charge in [-0.15, -0.1) is 0 Å². The van der Waals surface area contributed by atoms with Gasteiger partial charge in [-0.05, 0) is 37.6 Å². The monoisotopic (exact) mass is 382 g/mol. The first kappa shape index (κ1) is 19.6. The predicted octanol–water partition coefficient (Wildman–Crippen LogP) is 3.37. The number of halogens is 6. The number of nitrogens with one attached hydrogen (secondary N) is 3. The van der Waals surface area contributed by atoms with Gasteiger partial charge in [-0.1, -0.05) is 0 Å². The molecule has 0 radical (unpaired) electrons. The lowest BCUT2D eigenvalue weighted by Crippen LogP contribution is -2.72. The largest absolute Gasteiger partial charge is 0.462 e. The maximum absolute atomic E-state index is 13.5. The molecule has 2 heterocycles. The number of aromatic nitrogens is 1. The number of hydrogen-bond acceptors (Lipinski definition) is 3. The molecule has 11 heteroatoms. The summed E-state index contributed by atoms with van der Waals surface area (Å²) >= 11 is 0. The highest BCUT2D eigenvalue weighted by atomic mass is 19.4. The minimum absolute atomic E-state index is 0.322. The van der Waals surface area contributed by atoms with Crippen LogP contribution < -0.4 is 15.6 Å². The lowest BCUT2D eigenvalue weighted by atomic mass is 10.1. The molecule has 0 aliphatic carbocycles. The topological polar surface area (TPSA) is 68.4 Å². The molecule has 2 rings (SSSR count). The number of pyridine rings is 1. The molecule has 5 nitrogen and oxygen atoms in total. The molecule has 0 saturated carbocycles. The summed E-state index contributed by atoms with van der Waals surface area (Å²) in [5, 5.41) is 2.35. The van der Waals surface area contributed by atoms with E-state index in [-0.39, 0.29) is 0 Å². The van der Waals surface area contributed by atoms with E-state index in [0.29, 0.717) is 11.3 Å². The fourth-order valence-electron chi connectivity index (χ4n) is 2.28. The van der Waals surface area contributed by atoms with E-state index in [1.54, 1.807) is 0 Å². The molecular weight excluding hydrogens is 368 g/mol. The van der Waals surface area contributed by atoms with E-state index >= 15 is 0 Å². The average Bonchev–Trinajstić information content (AvgIpc) is 2.97. The van der Waals surface area contributed by atoms with Crippen molar-refractivity contribution in [2.24, 2.45) is 0 Å². The van der Waals surface area contributed by atoms with Crippen molar-refractivity contribution < 1.29 is 40.5 Å². The Balaban J connectivity index is 2.54. The van der Waals surface area contributed by atoms with E-state index in [4.69, 9.17) is 0 Å². The van der Waals surface area contributed by atoms with E-state index < -0.39 is 35.5 Å². The molecule has 0 spiro atoms. The van der Waals surface area contributed by atoms with Gasteiger partial charge in [0.1, 0.15) is 0 Å².